The molecule has 1 aliphatic rings. The van der Waals surface area contributed by atoms with Crippen LogP contribution in [0.25, 0.3) is 0 Å². The Hall–Kier alpha value is -1.79. The lowest BCUT2D eigenvalue weighted by atomic mass is 10.3. The van der Waals surface area contributed by atoms with Crippen LogP contribution in [0.15, 0.2) is 41.7 Å². The van der Waals surface area contributed by atoms with Gasteiger partial charge in [-0.2, -0.15) is 0 Å². The van der Waals surface area contributed by atoms with E-state index in [1.54, 1.807) is 12.4 Å². The average molecular weight is 302 g/mol. The zero-order valence-corrected chi connectivity index (χ0v) is 12.6. The number of hydrogen-bond donors (Lipinski definition) is 2. The van der Waals surface area contributed by atoms with Crippen molar-refractivity contribution in [3.05, 3.63) is 36.8 Å². The molecule has 0 spiro atoms. The summed E-state index contributed by atoms with van der Waals surface area (Å²) < 4.78 is 5.78. The highest BCUT2D eigenvalue weighted by Crippen LogP contribution is 2.27. The lowest BCUT2D eigenvalue weighted by molar-refractivity contribution is 0.448. The maximum Gasteiger partial charge on any atom is 0.232 e. The third kappa shape index (κ3) is 3.65. The lowest BCUT2D eigenvalue weighted by Gasteiger charge is -2.22. The number of rotatable bonds is 3. The first-order valence-electron chi connectivity index (χ1n) is 7.05. The second-order valence-corrected chi connectivity index (χ2v) is 5.38. The van der Waals surface area contributed by atoms with Crippen molar-refractivity contribution in [3.8, 4) is 11.6 Å². The van der Waals surface area contributed by atoms with Crippen LogP contribution in [-0.2, 0) is 0 Å². The van der Waals surface area contributed by atoms with Crippen molar-refractivity contribution in [2.24, 2.45) is 0 Å². The van der Waals surface area contributed by atoms with Crippen LogP contribution in [0.5, 0.6) is 11.6 Å². The van der Waals surface area contributed by atoms with Gasteiger partial charge < -0.3 is 15.0 Å². The Bertz CT molecular complexity index is 600. The Balaban J connectivity index is 1.78. The quantitative estimate of drug-likeness (QED) is 0.853. The van der Waals surface area contributed by atoms with Gasteiger partial charge in [-0.3, -0.25) is 4.98 Å². The number of nitrogens with zero attached hydrogens (tertiary/aromatic N) is 3. The van der Waals surface area contributed by atoms with E-state index < -0.39 is 0 Å². The molecule has 0 amide bonds. The highest BCUT2D eigenvalue weighted by Gasteiger charge is 2.11. The summed E-state index contributed by atoms with van der Waals surface area (Å²) in [5.41, 5.74) is 1.08. The molecule has 0 radical (unpaired) electrons. The van der Waals surface area contributed by atoms with E-state index in [1.165, 1.54) is 0 Å². The van der Waals surface area contributed by atoms with Crippen LogP contribution >= 0.6 is 12.6 Å². The van der Waals surface area contributed by atoms with Gasteiger partial charge in [0.2, 0.25) is 5.88 Å². The number of nitrogens with one attached hydrogen (secondary N) is 1. The van der Waals surface area contributed by atoms with Crippen LogP contribution in [0.2, 0.25) is 0 Å². The van der Waals surface area contributed by atoms with Gasteiger partial charge in [0.25, 0.3) is 0 Å². The summed E-state index contributed by atoms with van der Waals surface area (Å²) in [5.74, 6) is 1.18. The minimum absolute atomic E-state index is 0.498. The Morgan fingerprint density at radius 2 is 2.19 bits per heavy atom. The first-order valence-corrected chi connectivity index (χ1v) is 7.50. The van der Waals surface area contributed by atoms with Crippen molar-refractivity contribution in [2.45, 2.75) is 11.3 Å². The van der Waals surface area contributed by atoms with E-state index in [2.05, 4.69) is 32.8 Å². The summed E-state index contributed by atoms with van der Waals surface area (Å²) in [5, 5.41) is 3.40. The molecule has 110 valence electrons. The van der Waals surface area contributed by atoms with Crippen molar-refractivity contribution in [1.82, 2.24) is 15.3 Å². The fraction of sp³-hybridized carbons (Fsp3) is 0.333. The summed E-state index contributed by atoms with van der Waals surface area (Å²) in [6.45, 7) is 4.06. The maximum atomic E-state index is 5.78. The molecule has 2 aromatic rings. The van der Waals surface area contributed by atoms with Gasteiger partial charge in [0.15, 0.2) is 0 Å². The molecule has 21 heavy (non-hydrogen) atoms. The summed E-state index contributed by atoms with van der Waals surface area (Å²) >= 11 is 4.34. The summed E-state index contributed by atoms with van der Waals surface area (Å²) in [6, 6.07) is 5.68. The molecule has 0 atom stereocenters. The van der Waals surface area contributed by atoms with Gasteiger partial charge in [0, 0.05) is 31.9 Å². The van der Waals surface area contributed by atoms with Crippen LogP contribution in [0, 0.1) is 0 Å². The number of thiol groups is 1. The van der Waals surface area contributed by atoms with E-state index in [9.17, 15) is 0 Å². The van der Waals surface area contributed by atoms with Crippen molar-refractivity contribution in [1.29, 1.82) is 0 Å². The molecular formula is C15H18N4OS. The Kier molecular flexibility index (Phi) is 4.57. The molecule has 3 heterocycles. The van der Waals surface area contributed by atoms with Gasteiger partial charge in [-0.05, 0) is 25.1 Å². The number of hydrogen-bond acceptors (Lipinski definition) is 6. The SMILES string of the molecule is Sc1cccnc1Oc1cncc(N2CCCNCC2)c1. The molecule has 5 nitrogen and oxygen atoms in total. The van der Waals surface area contributed by atoms with Crippen molar-refractivity contribution in [3.63, 3.8) is 0 Å². The standard InChI is InChI=1S/C15H18N4OS/c21-14-3-1-5-18-15(14)20-13-9-12(10-17-11-13)19-7-2-4-16-6-8-19/h1,3,5,9-11,16,21H,2,4,6-8H2. The van der Waals surface area contributed by atoms with E-state index in [4.69, 9.17) is 4.74 Å². The molecule has 6 heteroatoms. The van der Waals surface area contributed by atoms with E-state index >= 15 is 0 Å². The molecule has 3 rings (SSSR count). The lowest BCUT2D eigenvalue weighted by Crippen LogP contribution is -2.27. The Morgan fingerprint density at radius 3 is 3.10 bits per heavy atom. The molecule has 0 aromatic carbocycles. The number of ether oxygens (including phenoxy) is 1. The highest BCUT2D eigenvalue weighted by molar-refractivity contribution is 7.80. The average Bonchev–Trinajstić information content (AvgIpc) is 2.79. The predicted molar refractivity (Wildman–Crippen MR) is 85.5 cm³/mol. The van der Waals surface area contributed by atoms with E-state index in [1.807, 2.05) is 24.4 Å². The fourth-order valence-corrected chi connectivity index (χ4v) is 2.50. The molecule has 1 N–H and O–H groups in total. The minimum Gasteiger partial charge on any atom is -0.436 e. The van der Waals surface area contributed by atoms with Gasteiger partial charge in [-0.1, -0.05) is 0 Å². The summed E-state index contributed by atoms with van der Waals surface area (Å²) in [7, 11) is 0. The topological polar surface area (TPSA) is 50.3 Å². The third-order valence-corrected chi connectivity index (χ3v) is 3.71. The molecule has 1 aliphatic heterocycles. The van der Waals surface area contributed by atoms with E-state index in [0.717, 1.165) is 38.3 Å². The molecule has 0 unspecified atom stereocenters. The summed E-state index contributed by atoms with van der Waals surface area (Å²) in [6.07, 6.45) is 6.39. The molecule has 0 bridgehead atoms. The van der Waals surface area contributed by atoms with Crippen molar-refractivity contribution < 1.29 is 4.74 Å². The normalized spacial score (nSPS) is 15.6. The van der Waals surface area contributed by atoms with Gasteiger partial charge in [0.1, 0.15) is 5.75 Å². The molecule has 1 saturated heterocycles. The van der Waals surface area contributed by atoms with Gasteiger partial charge in [0.05, 0.1) is 23.0 Å². The minimum atomic E-state index is 0.498. The highest BCUT2D eigenvalue weighted by atomic mass is 32.1. The predicted octanol–water partition coefficient (Wildman–Crippen LogP) is 2.36. The van der Waals surface area contributed by atoms with Crippen LogP contribution in [-0.4, -0.2) is 36.1 Å². The smallest absolute Gasteiger partial charge is 0.232 e. The van der Waals surface area contributed by atoms with Crippen LogP contribution < -0.4 is 15.0 Å². The molecule has 0 saturated carbocycles. The van der Waals surface area contributed by atoms with Gasteiger partial charge in [-0.15, -0.1) is 12.6 Å². The van der Waals surface area contributed by atoms with Crippen LogP contribution in [0.1, 0.15) is 6.42 Å². The van der Waals surface area contributed by atoms with Crippen molar-refractivity contribution >= 4 is 18.3 Å². The molecule has 2 aromatic heterocycles. The number of aromatic nitrogens is 2. The third-order valence-electron chi connectivity index (χ3n) is 3.37. The first-order chi connectivity index (χ1) is 10.3. The zero-order valence-electron chi connectivity index (χ0n) is 11.7. The Labute approximate surface area is 129 Å². The van der Waals surface area contributed by atoms with E-state index in [0.29, 0.717) is 16.5 Å². The molecule has 1 fully saturated rings. The fourth-order valence-electron chi connectivity index (χ4n) is 2.31. The number of pyridine rings is 2. The van der Waals surface area contributed by atoms with Gasteiger partial charge >= 0.3 is 0 Å². The van der Waals surface area contributed by atoms with Crippen LogP contribution in [0.3, 0.4) is 0 Å². The maximum absolute atomic E-state index is 5.78. The molecular weight excluding hydrogens is 284 g/mol. The van der Waals surface area contributed by atoms with E-state index in [-0.39, 0.29) is 0 Å². The summed E-state index contributed by atoms with van der Waals surface area (Å²) in [4.78, 5) is 11.5. The Morgan fingerprint density at radius 1 is 1.24 bits per heavy atom. The largest absolute Gasteiger partial charge is 0.436 e. The zero-order chi connectivity index (χ0) is 14.5. The monoisotopic (exact) mass is 302 g/mol. The number of anilines is 1. The second-order valence-electron chi connectivity index (χ2n) is 4.90. The van der Waals surface area contributed by atoms with Crippen LogP contribution in [0.4, 0.5) is 5.69 Å². The second kappa shape index (κ2) is 6.78. The van der Waals surface area contributed by atoms with Gasteiger partial charge in [-0.25, -0.2) is 4.98 Å². The first kappa shape index (κ1) is 14.2. The molecule has 0 aliphatic carbocycles. The van der Waals surface area contributed by atoms with Crippen molar-refractivity contribution in [2.75, 3.05) is 31.1 Å².